The van der Waals surface area contributed by atoms with Crippen LogP contribution >= 0.6 is 27.5 Å². The summed E-state index contributed by atoms with van der Waals surface area (Å²) in [5, 5.41) is 0.803. The summed E-state index contributed by atoms with van der Waals surface area (Å²) in [5.74, 6) is 0. The molecular formula is C14H20BrClN2. The van der Waals surface area contributed by atoms with Crippen LogP contribution in [0.3, 0.4) is 0 Å². The zero-order valence-corrected chi connectivity index (χ0v) is 13.2. The average molecular weight is 332 g/mol. The number of hydrogen-bond donors (Lipinski definition) is 1. The van der Waals surface area contributed by atoms with Crippen molar-refractivity contribution in [2.75, 3.05) is 6.54 Å². The molecule has 2 N–H and O–H groups in total. The van der Waals surface area contributed by atoms with Gasteiger partial charge in [-0.05, 0) is 50.9 Å². The highest BCUT2D eigenvalue weighted by Gasteiger charge is 2.32. The molecule has 100 valence electrons. The maximum atomic E-state index is 6.39. The first kappa shape index (κ1) is 14.3. The Bertz CT molecular complexity index is 422. The third kappa shape index (κ3) is 2.90. The van der Waals surface area contributed by atoms with Crippen molar-refractivity contribution in [2.45, 2.75) is 44.8 Å². The van der Waals surface area contributed by atoms with Crippen LogP contribution in [-0.2, 0) is 0 Å². The minimum absolute atomic E-state index is 0.167. The second-order valence-corrected chi connectivity index (χ2v) is 6.57. The lowest BCUT2D eigenvalue weighted by molar-refractivity contribution is 0.0947. The van der Waals surface area contributed by atoms with Gasteiger partial charge in [0, 0.05) is 21.6 Å². The van der Waals surface area contributed by atoms with Crippen molar-refractivity contribution in [3.63, 3.8) is 0 Å². The summed E-state index contributed by atoms with van der Waals surface area (Å²) in [6.45, 7) is 5.54. The van der Waals surface area contributed by atoms with Crippen LogP contribution in [0.1, 0.15) is 38.3 Å². The van der Waals surface area contributed by atoms with Gasteiger partial charge in [-0.2, -0.15) is 0 Å². The minimum atomic E-state index is 0.167. The van der Waals surface area contributed by atoms with E-state index in [-0.39, 0.29) is 12.1 Å². The number of hydrogen-bond acceptors (Lipinski definition) is 2. The van der Waals surface area contributed by atoms with Crippen LogP contribution in [0.5, 0.6) is 0 Å². The number of nitrogens with two attached hydrogens (primary N) is 1. The molecule has 0 radical (unpaired) electrons. The monoisotopic (exact) mass is 330 g/mol. The molecule has 1 aromatic rings. The Morgan fingerprint density at radius 1 is 1.44 bits per heavy atom. The Morgan fingerprint density at radius 2 is 2.17 bits per heavy atom. The van der Waals surface area contributed by atoms with Crippen molar-refractivity contribution in [2.24, 2.45) is 5.73 Å². The van der Waals surface area contributed by atoms with Crippen molar-refractivity contribution < 1.29 is 0 Å². The summed E-state index contributed by atoms with van der Waals surface area (Å²) in [6, 6.07) is 6.98. The van der Waals surface area contributed by atoms with Crippen LogP contribution in [0.2, 0.25) is 5.02 Å². The Hall–Kier alpha value is -0.0900. The number of benzene rings is 1. The molecule has 0 aromatic heterocycles. The van der Waals surface area contributed by atoms with Gasteiger partial charge in [-0.1, -0.05) is 33.6 Å². The first-order valence-electron chi connectivity index (χ1n) is 6.47. The third-order valence-electron chi connectivity index (χ3n) is 3.66. The summed E-state index contributed by atoms with van der Waals surface area (Å²) in [6.07, 6.45) is 2.24. The second kappa shape index (κ2) is 5.91. The third-order valence-corrected chi connectivity index (χ3v) is 4.48. The van der Waals surface area contributed by atoms with Crippen molar-refractivity contribution in [1.29, 1.82) is 0 Å². The van der Waals surface area contributed by atoms with Crippen molar-refractivity contribution in [1.82, 2.24) is 4.90 Å². The molecule has 0 amide bonds. The normalized spacial score (nSPS) is 25.7. The number of rotatable bonds is 2. The molecule has 1 fully saturated rings. The molecule has 1 aromatic carbocycles. The van der Waals surface area contributed by atoms with E-state index >= 15 is 0 Å². The highest BCUT2D eigenvalue weighted by atomic mass is 79.9. The number of piperidine rings is 1. The van der Waals surface area contributed by atoms with E-state index in [4.69, 9.17) is 17.3 Å². The maximum Gasteiger partial charge on any atom is 0.0516 e. The van der Waals surface area contributed by atoms with Gasteiger partial charge in [-0.3, -0.25) is 4.90 Å². The summed E-state index contributed by atoms with van der Waals surface area (Å²) in [4.78, 5) is 2.46. The first-order valence-corrected chi connectivity index (χ1v) is 7.64. The molecule has 1 aliphatic rings. The number of halogens is 2. The molecule has 0 saturated carbocycles. The lowest BCUT2D eigenvalue weighted by Crippen LogP contribution is -2.48. The van der Waals surface area contributed by atoms with Crippen molar-refractivity contribution >= 4 is 27.5 Å². The van der Waals surface area contributed by atoms with Gasteiger partial charge in [0.25, 0.3) is 0 Å². The molecule has 2 nitrogen and oxygen atoms in total. The SMILES string of the molecule is CC(C)N1CCCC(N)C1c1ccc(Br)cc1Cl. The van der Waals surface area contributed by atoms with Gasteiger partial charge in [0.15, 0.2) is 0 Å². The van der Waals surface area contributed by atoms with E-state index < -0.39 is 0 Å². The van der Waals surface area contributed by atoms with Crippen LogP contribution in [0.15, 0.2) is 22.7 Å². The standard InChI is InChI=1S/C14H20BrClN2/c1-9(2)18-7-3-4-13(17)14(18)11-6-5-10(15)8-12(11)16/h5-6,8-9,13-14H,3-4,7,17H2,1-2H3. The Balaban J connectivity index is 2.37. The minimum Gasteiger partial charge on any atom is -0.326 e. The molecule has 0 spiro atoms. The molecule has 1 heterocycles. The average Bonchev–Trinajstić information content (AvgIpc) is 2.29. The lowest BCUT2D eigenvalue weighted by atomic mass is 9.90. The van der Waals surface area contributed by atoms with Gasteiger partial charge >= 0.3 is 0 Å². The topological polar surface area (TPSA) is 29.3 Å². The van der Waals surface area contributed by atoms with Crippen LogP contribution in [-0.4, -0.2) is 23.5 Å². The molecule has 1 saturated heterocycles. The zero-order valence-electron chi connectivity index (χ0n) is 10.9. The molecule has 1 aliphatic heterocycles. The summed E-state index contributed by atoms with van der Waals surface area (Å²) >= 11 is 9.84. The van der Waals surface area contributed by atoms with Crippen molar-refractivity contribution in [3.05, 3.63) is 33.3 Å². The van der Waals surface area contributed by atoms with Gasteiger partial charge in [0.2, 0.25) is 0 Å². The summed E-state index contributed by atoms with van der Waals surface area (Å²) in [5.41, 5.74) is 7.49. The largest absolute Gasteiger partial charge is 0.326 e. The fraction of sp³-hybridized carbons (Fsp3) is 0.571. The summed E-state index contributed by atoms with van der Waals surface area (Å²) < 4.78 is 1.01. The van der Waals surface area contributed by atoms with Crippen LogP contribution < -0.4 is 5.73 Å². The molecule has 18 heavy (non-hydrogen) atoms. The van der Waals surface area contributed by atoms with E-state index in [1.165, 1.54) is 6.42 Å². The molecule has 4 heteroatoms. The second-order valence-electron chi connectivity index (χ2n) is 5.25. The van der Waals surface area contributed by atoms with E-state index in [0.29, 0.717) is 6.04 Å². The van der Waals surface area contributed by atoms with E-state index in [1.54, 1.807) is 0 Å². The lowest BCUT2D eigenvalue weighted by Gasteiger charge is -2.42. The van der Waals surface area contributed by atoms with E-state index in [1.807, 2.05) is 12.1 Å². The van der Waals surface area contributed by atoms with Crippen LogP contribution in [0.25, 0.3) is 0 Å². The molecular weight excluding hydrogens is 312 g/mol. The van der Waals surface area contributed by atoms with Gasteiger partial charge in [0.1, 0.15) is 0 Å². The highest BCUT2D eigenvalue weighted by molar-refractivity contribution is 9.10. The number of likely N-dealkylation sites (tertiary alicyclic amines) is 1. The van der Waals surface area contributed by atoms with Crippen LogP contribution in [0.4, 0.5) is 0 Å². The van der Waals surface area contributed by atoms with Crippen molar-refractivity contribution in [3.8, 4) is 0 Å². The fourth-order valence-corrected chi connectivity index (χ4v) is 3.57. The molecule has 2 unspecified atom stereocenters. The van der Waals surface area contributed by atoms with E-state index in [2.05, 4.69) is 40.7 Å². The first-order chi connectivity index (χ1) is 8.50. The Kier molecular flexibility index (Phi) is 4.70. The quantitative estimate of drug-likeness (QED) is 0.888. The zero-order chi connectivity index (χ0) is 13.3. The Morgan fingerprint density at radius 3 is 2.78 bits per heavy atom. The predicted octanol–water partition coefficient (Wildman–Crippen LogP) is 3.98. The van der Waals surface area contributed by atoms with Gasteiger partial charge in [-0.15, -0.1) is 0 Å². The molecule has 2 rings (SSSR count). The molecule has 0 aliphatic carbocycles. The van der Waals surface area contributed by atoms with Gasteiger partial charge in [-0.25, -0.2) is 0 Å². The van der Waals surface area contributed by atoms with E-state index in [9.17, 15) is 0 Å². The van der Waals surface area contributed by atoms with E-state index in [0.717, 1.165) is 28.0 Å². The Labute approximate surface area is 123 Å². The number of nitrogens with zero attached hydrogens (tertiary/aromatic N) is 1. The molecule has 0 bridgehead atoms. The summed E-state index contributed by atoms with van der Waals surface area (Å²) in [7, 11) is 0. The smallest absolute Gasteiger partial charge is 0.0516 e. The molecule has 2 atom stereocenters. The van der Waals surface area contributed by atoms with Gasteiger partial charge in [0.05, 0.1) is 6.04 Å². The predicted molar refractivity (Wildman–Crippen MR) is 80.9 cm³/mol. The van der Waals surface area contributed by atoms with Gasteiger partial charge < -0.3 is 5.73 Å². The fourth-order valence-electron chi connectivity index (χ4n) is 2.78. The maximum absolute atomic E-state index is 6.39. The highest BCUT2D eigenvalue weighted by Crippen LogP contribution is 2.36. The van der Waals surface area contributed by atoms with Crippen LogP contribution in [0, 0.1) is 0 Å².